The summed E-state index contributed by atoms with van der Waals surface area (Å²) in [5, 5.41) is 0. The predicted octanol–water partition coefficient (Wildman–Crippen LogP) is 3.52. The van der Waals surface area contributed by atoms with E-state index in [2.05, 4.69) is 30.7 Å². The number of nitrogen functional groups attached to an aromatic ring is 1. The van der Waals surface area contributed by atoms with Gasteiger partial charge in [-0.05, 0) is 25.3 Å². The lowest BCUT2D eigenvalue weighted by molar-refractivity contribution is -0.977. The minimum atomic E-state index is 0.869. The third kappa shape index (κ3) is 2.05. The van der Waals surface area contributed by atoms with Crippen LogP contribution in [-0.4, -0.2) is 23.1 Å². The van der Waals surface area contributed by atoms with Crippen molar-refractivity contribution in [3.05, 3.63) is 36.2 Å². The summed E-state index contributed by atoms with van der Waals surface area (Å²) in [6.07, 6.45) is 11.0. The normalized spacial score (nSPS) is 36.2. The molecule has 2 N–H and O–H groups in total. The molecule has 1 saturated carbocycles. The molecule has 1 radical (unpaired) electrons. The van der Waals surface area contributed by atoms with Gasteiger partial charge in [0.25, 0.3) is 0 Å². The Kier molecular flexibility index (Phi) is 3.03. The minimum absolute atomic E-state index is 0.869. The van der Waals surface area contributed by atoms with Gasteiger partial charge in [0.05, 0.1) is 18.6 Å². The summed E-state index contributed by atoms with van der Waals surface area (Å²) in [7, 11) is 0. The first-order valence-corrected chi connectivity index (χ1v) is 8.29. The van der Waals surface area contributed by atoms with Gasteiger partial charge in [-0.1, -0.05) is 18.2 Å². The fourth-order valence-corrected chi connectivity index (χ4v) is 4.73. The van der Waals surface area contributed by atoms with E-state index in [1.54, 1.807) is 0 Å². The van der Waals surface area contributed by atoms with E-state index in [0.29, 0.717) is 0 Å². The Morgan fingerprint density at radius 2 is 1.70 bits per heavy atom. The molecule has 2 unspecified atom stereocenters. The number of piperidine rings is 1. The Hall–Kier alpha value is -1.02. The van der Waals surface area contributed by atoms with Crippen molar-refractivity contribution in [1.82, 2.24) is 0 Å². The monoisotopic (exact) mass is 270 g/mol. The number of hydrogen-bond donors (Lipinski definition) is 1. The second kappa shape index (κ2) is 4.77. The summed E-state index contributed by atoms with van der Waals surface area (Å²) in [6.45, 7) is 2.59. The van der Waals surface area contributed by atoms with Crippen LogP contribution in [0.3, 0.4) is 0 Å². The second-order valence-corrected chi connectivity index (χ2v) is 7.23. The van der Waals surface area contributed by atoms with Crippen molar-refractivity contribution in [3.63, 3.8) is 0 Å². The SMILES string of the molecule is Nc1ccccc1C[N+]1(CC2CC2)C2C[CH]CC1CC2. The maximum atomic E-state index is 6.24. The van der Waals surface area contributed by atoms with Crippen LogP contribution in [0.4, 0.5) is 5.69 Å². The molecule has 2 heteroatoms. The van der Waals surface area contributed by atoms with Gasteiger partial charge in [-0.15, -0.1) is 0 Å². The van der Waals surface area contributed by atoms with Crippen molar-refractivity contribution in [2.24, 2.45) is 5.92 Å². The van der Waals surface area contributed by atoms with Gasteiger partial charge in [0.1, 0.15) is 6.54 Å². The van der Waals surface area contributed by atoms with Gasteiger partial charge in [0, 0.05) is 42.9 Å². The maximum absolute atomic E-state index is 6.24. The number of quaternary nitrogens is 1. The number of hydrogen-bond acceptors (Lipinski definition) is 1. The van der Waals surface area contributed by atoms with Gasteiger partial charge in [0.15, 0.2) is 0 Å². The average molecular weight is 270 g/mol. The van der Waals surface area contributed by atoms with Gasteiger partial charge >= 0.3 is 0 Å². The van der Waals surface area contributed by atoms with Gasteiger partial charge in [-0.25, -0.2) is 0 Å². The highest BCUT2D eigenvalue weighted by Gasteiger charge is 2.53. The van der Waals surface area contributed by atoms with Crippen molar-refractivity contribution in [3.8, 4) is 0 Å². The summed E-state index contributed by atoms with van der Waals surface area (Å²) in [5.74, 6) is 1.00. The summed E-state index contributed by atoms with van der Waals surface area (Å²) in [4.78, 5) is 0. The summed E-state index contributed by atoms with van der Waals surface area (Å²) < 4.78 is 1.36. The minimum Gasteiger partial charge on any atom is -0.398 e. The summed E-state index contributed by atoms with van der Waals surface area (Å²) in [5.41, 5.74) is 8.61. The summed E-state index contributed by atoms with van der Waals surface area (Å²) in [6, 6.07) is 10.3. The first-order valence-electron chi connectivity index (χ1n) is 8.29. The molecular formula is C18H26N2+. The zero-order valence-corrected chi connectivity index (χ0v) is 12.3. The van der Waals surface area contributed by atoms with Crippen LogP contribution in [0.25, 0.3) is 0 Å². The third-order valence-electron chi connectivity index (χ3n) is 5.98. The fraction of sp³-hybridized carbons (Fsp3) is 0.611. The van der Waals surface area contributed by atoms with Gasteiger partial charge in [0.2, 0.25) is 0 Å². The van der Waals surface area contributed by atoms with Crippen LogP contribution in [0.1, 0.15) is 44.1 Å². The Balaban J connectivity index is 1.66. The molecule has 107 valence electrons. The third-order valence-corrected chi connectivity index (χ3v) is 5.98. The van der Waals surface area contributed by atoms with Crippen molar-refractivity contribution < 1.29 is 4.48 Å². The van der Waals surface area contributed by atoms with Crippen molar-refractivity contribution in [2.75, 3.05) is 12.3 Å². The number of rotatable bonds is 4. The Labute approximate surface area is 122 Å². The first-order chi connectivity index (χ1) is 9.78. The van der Waals surface area contributed by atoms with E-state index in [9.17, 15) is 0 Å². The van der Waals surface area contributed by atoms with Gasteiger partial charge < -0.3 is 10.2 Å². The Morgan fingerprint density at radius 1 is 1.00 bits per heavy atom. The highest BCUT2D eigenvalue weighted by atomic mass is 15.4. The molecule has 1 aromatic carbocycles. The molecule has 2 heterocycles. The maximum Gasteiger partial charge on any atom is 0.107 e. The average Bonchev–Trinajstić information content (AvgIpc) is 3.22. The lowest BCUT2D eigenvalue weighted by Gasteiger charge is -2.48. The van der Waals surface area contributed by atoms with Crippen molar-refractivity contribution in [2.45, 2.75) is 57.2 Å². The number of nitrogens with zero attached hydrogens (tertiary/aromatic N) is 1. The number of benzene rings is 1. The van der Waals surface area contributed by atoms with Crippen LogP contribution in [-0.2, 0) is 6.54 Å². The number of anilines is 1. The fourth-order valence-electron chi connectivity index (χ4n) is 4.73. The molecule has 0 aromatic heterocycles. The molecule has 0 spiro atoms. The van der Waals surface area contributed by atoms with Gasteiger partial charge in [-0.2, -0.15) is 0 Å². The van der Waals surface area contributed by atoms with Crippen molar-refractivity contribution in [1.29, 1.82) is 0 Å². The zero-order valence-electron chi connectivity index (χ0n) is 12.3. The van der Waals surface area contributed by atoms with E-state index < -0.39 is 0 Å². The molecule has 1 aliphatic carbocycles. The van der Waals surface area contributed by atoms with E-state index in [1.165, 1.54) is 61.7 Å². The molecule has 3 aliphatic rings. The van der Waals surface area contributed by atoms with Crippen LogP contribution < -0.4 is 5.73 Å². The lowest BCUT2D eigenvalue weighted by atomic mass is 9.95. The van der Waals surface area contributed by atoms with Crippen LogP contribution in [0, 0.1) is 12.3 Å². The van der Waals surface area contributed by atoms with E-state index in [0.717, 1.165) is 23.7 Å². The summed E-state index contributed by atoms with van der Waals surface area (Å²) >= 11 is 0. The first kappa shape index (κ1) is 12.7. The molecule has 2 nitrogen and oxygen atoms in total. The standard InChI is InChI=1S/C18H26N2/c19-18-7-2-1-4-15(18)13-20(12-14-8-9-14)16-5-3-6-17(20)11-10-16/h1-4,7,14,16-17H,5-6,8-13,19H2/q+1. The lowest BCUT2D eigenvalue weighted by Crippen LogP contribution is -2.59. The zero-order chi connectivity index (χ0) is 13.6. The molecule has 2 aliphatic heterocycles. The molecular weight excluding hydrogens is 244 g/mol. The second-order valence-electron chi connectivity index (χ2n) is 7.23. The van der Waals surface area contributed by atoms with Crippen LogP contribution in [0.2, 0.25) is 0 Å². The predicted molar refractivity (Wildman–Crippen MR) is 82.8 cm³/mol. The Bertz CT molecular complexity index is 476. The molecule has 4 rings (SSSR count). The highest BCUT2D eigenvalue weighted by Crippen LogP contribution is 2.47. The number of nitrogens with two attached hydrogens (primary N) is 1. The Morgan fingerprint density at radius 3 is 2.35 bits per heavy atom. The van der Waals surface area contributed by atoms with E-state index in [-0.39, 0.29) is 0 Å². The van der Waals surface area contributed by atoms with E-state index >= 15 is 0 Å². The van der Waals surface area contributed by atoms with Crippen molar-refractivity contribution >= 4 is 5.69 Å². The molecule has 0 amide bonds. The van der Waals surface area contributed by atoms with Gasteiger partial charge in [-0.3, -0.25) is 0 Å². The number of fused-ring (bicyclic) bond motifs is 2. The molecule has 20 heavy (non-hydrogen) atoms. The number of para-hydroxylation sites is 1. The quantitative estimate of drug-likeness (QED) is 0.657. The molecule has 2 saturated heterocycles. The van der Waals surface area contributed by atoms with E-state index in [4.69, 9.17) is 5.73 Å². The highest BCUT2D eigenvalue weighted by molar-refractivity contribution is 5.45. The van der Waals surface area contributed by atoms with Crippen LogP contribution in [0.5, 0.6) is 0 Å². The molecule has 2 bridgehead atoms. The topological polar surface area (TPSA) is 26.0 Å². The smallest absolute Gasteiger partial charge is 0.107 e. The largest absolute Gasteiger partial charge is 0.398 e. The molecule has 3 fully saturated rings. The van der Waals surface area contributed by atoms with E-state index in [1.807, 2.05) is 0 Å². The molecule has 2 atom stereocenters. The molecule has 1 aromatic rings. The van der Waals surface area contributed by atoms with Crippen LogP contribution >= 0.6 is 0 Å². The van der Waals surface area contributed by atoms with Crippen LogP contribution in [0.15, 0.2) is 24.3 Å².